The van der Waals surface area contributed by atoms with E-state index in [1.54, 1.807) is 29.4 Å². The number of likely N-dealkylation sites (N-methyl/N-ethyl adjacent to an activating group) is 1. The third-order valence-corrected chi connectivity index (χ3v) is 4.94. The van der Waals surface area contributed by atoms with Crippen LogP contribution in [-0.4, -0.2) is 17.4 Å². The van der Waals surface area contributed by atoms with Gasteiger partial charge in [-0.1, -0.05) is 0 Å². The molecule has 0 bridgehead atoms. The molecular formula is C19H17N3O3S. The molecule has 0 saturated heterocycles. The van der Waals surface area contributed by atoms with Crippen molar-refractivity contribution in [1.29, 1.82) is 0 Å². The smallest absolute Gasteiger partial charge is 0.294 e. The van der Waals surface area contributed by atoms with Crippen LogP contribution in [0.25, 0.3) is 17.3 Å². The summed E-state index contributed by atoms with van der Waals surface area (Å²) in [6, 6.07) is 9.23. The number of nitrogen functional groups attached to an aromatic ring is 1. The van der Waals surface area contributed by atoms with Gasteiger partial charge in [0.1, 0.15) is 5.76 Å². The van der Waals surface area contributed by atoms with E-state index in [1.165, 1.54) is 11.3 Å². The number of thiazole rings is 1. The standard InChI is InChI=1S/C19H17N3O3S/c1-3-22-14-9-12(17-11(2)26-19(20)21-17)6-7-15(14)25-16(18(22)23)10-13-5-4-8-24-13/h4-10H,3H2,1-2H3,(H2,20,21)/b16-10+. The maximum absolute atomic E-state index is 12.8. The molecule has 0 saturated carbocycles. The monoisotopic (exact) mass is 367 g/mol. The summed E-state index contributed by atoms with van der Waals surface area (Å²) >= 11 is 1.45. The van der Waals surface area contributed by atoms with Crippen molar-refractivity contribution in [3.05, 3.63) is 53.0 Å². The Morgan fingerprint density at radius 2 is 2.19 bits per heavy atom. The number of fused-ring (bicyclic) bond motifs is 1. The zero-order chi connectivity index (χ0) is 18.3. The van der Waals surface area contributed by atoms with Crippen LogP contribution in [0.5, 0.6) is 5.75 Å². The van der Waals surface area contributed by atoms with Crippen LogP contribution in [0, 0.1) is 6.92 Å². The lowest BCUT2D eigenvalue weighted by Gasteiger charge is -2.29. The number of furan rings is 1. The first-order valence-corrected chi connectivity index (χ1v) is 9.00. The number of nitrogens with zero attached hydrogens (tertiary/aromatic N) is 2. The van der Waals surface area contributed by atoms with Crippen LogP contribution >= 0.6 is 11.3 Å². The van der Waals surface area contributed by atoms with Crippen molar-refractivity contribution >= 4 is 34.1 Å². The number of amides is 1. The van der Waals surface area contributed by atoms with Crippen LogP contribution in [-0.2, 0) is 4.79 Å². The van der Waals surface area contributed by atoms with Gasteiger partial charge < -0.3 is 19.8 Å². The number of aromatic nitrogens is 1. The van der Waals surface area contributed by atoms with Gasteiger partial charge in [-0.2, -0.15) is 0 Å². The first-order chi connectivity index (χ1) is 12.6. The minimum atomic E-state index is -0.205. The van der Waals surface area contributed by atoms with Gasteiger partial charge in [0.2, 0.25) is 0 Å². The minimum Gasteiger partial charge on any atom is -0.465 e. The van der Waals surface area contributed by atoms with Crippen LogP contribution in [0.15, 0.2) is 46.8 Å². The van der Waals surface area contributed by atoms with E-state index in [0.717, 1.165) is 21.8 Å². The highest BCUT2D eigenvalue weighted by Crippen LogP contribution is 2.40. The normalized spacial score (nSPS) is 15.2. The topological polar surface area (TPSA) is 81.6 Å². The fraction of sp³-hybridized carbons (Fsp3) is 0.158. The summed E-state index contributed by atoms with van der Waals surface area (Å²) in [5.74, 6) is 1.21. The van der Waals surface area contributed by atoms with E-state index in [9.17, 15) is 4.79 Å². The number of hydrogen-bond donors (Lipinski definition) is 1. The third-order valence-electron chi connectivity index (χ3n) is 4.14. The Labute approximate surface area is 154 Å². The van der Waals surface area contributed by atoms with Gasteiger partial charge in [0.15, 0.2) is 16.6 Å². The van der Waals surface area contributed by atoms with Crippen molar-refractivity contribution < 1.29 is 13.9 Å². The highest BCUT2D eigenvalue weighted by Gasteiger charge is 2.30. The first kappa shape index (κ1) is 16.4. The van der Waals surface area contributed by atoms with Gasteiger partial charge in [-0.05, 0) is 44.2 Å². The fourth-order valence-corrected chi connectivity index (χ4v) is 3.67. The fourth-order valence-electron chi connectivity index (χ4n) is 2.96. The van der Waals surface area contributed by atoms with E-state index in [4.69, 9.17) is 14.9 Å². The SMILES string of the molecule is CCN1C(=O)/C(=C\c2ccco2)Oc2ccc(-c3nc(N)sc3C)cc21. The van der Waals surface area contributed by atoms with Crippen molar-refractivity contribution in [3.63, 3.8) is 0 Å². The third kappa shape index (κ3) is 2.76. The van der Waals surface area contributed by atoms with E-state index in [2.05, 4.69) is 4.98 Å². The second-order valence-corrected chi connectivity index (χ2v) is 7.05. The number of rotatable bonds is 3. The molecule has 1 aliphatic rings. The van der Waals surface area contributed by atoms with Crippen molar-refractivity contribution in [1.82, 2.24) is 4.98 Å². The number of nitrogens with two attached hydrogens (primary N) is 1. The molecule has 1 amide bonds. The van der Waals surface area contributed by atoms with Crippen molar-refractivity contribution in [2.45, 2.75) is 13.8 Å². The van der Waals surface area contributed by atoms with Gasteiger partial charge in [0.25, 0.3) is 5.91 Å². The molecule has 1 aromatic carbocycles. The quantitative estimate of drug-likeness (QED) is 0.706. The predicted octanol–water partition coefficient (Wildman–Crippen LogP) is 4.08. The molecule has 0 radical (unpaired) electrons. The Kier molecular flexibility index (Phi) is 4.00. The zero-order valence-electron chi connectivity index (χ0n) is 14.4. The largest absolute Gasteiger partial charge is 0.465 e. The van der Waals surface area contributed by atoms with Crippen LogP contribution in [0.1, 0.15) is 17.6 Å². The van der Waals surface area contributed by atoms with Gasteiger partial charge in [-0.15, -0.1) is 11.3 Å². The van der Waals surface area contributed by atoms with Crippen molar-refractivity contribution in [3.8, 4) is 17.0 Å². The number of carbonyl (C=O) groups excluding carboxylic acids is 1. The van der Waals surface area contributed by atoms with Crippen LogP contribution in [0.4, 0.5) is 10.8 Å². The molecule has 132 valence electrons. The lowest BCUT2D eigenvalue weighted by atomic mass is 10.1. The maximum atomic E-state index is 12.8. The molecule has 2 N–H and O–H groups in total. The lowest BCUT2D eigenvalue weighted by Crippen LogP contribution is -2.37. The lowest BCUT2D eigenvalue weighted by molar-refractivity contribution is -0.117. The average molecular weight is 367 g/mol. The van der Waals surface area contributed by atoms with Gasteiger partial charge in [-0.25, -0.2) is 4.98 Å². The average Bonchev–Trinajstić information content (AvgIpc) is 3.24. The Morgan fingerprint density at radius 1 is 1.35 bits per heavy atom. The molecule has 2 aromatic heterocycles. The molecule has 0 aliphatic carbocycles. The molecule has 0 unspecified atom stereocenters. The van der Waals surface area contributed by atoms with E-state index in [0.29, 0.717) is 23.2 Å². The summed E-state index contributed by atoms with van der Waals surface area (Å²) < 4.78 is 11.1. The Hall–Kier alpha value is -3.06. The van der Waals surface area contributed by atoms with Crippen LogP contribution in [0.3, 0.4) is 0 Å². The number of benzene rings is 1. The molecule has 0 atom stereocenters. The van der Waals surface area contributed by atoms with E-state index >= 15 is 0 Å². The van der Waals surface area contributed by atoms with E-state index in [1.807, 2.05) is 32.0 Å². The zero-order valence-corrected chi connectivity index (χ0v) is 15.2. The number of anilines is 2. The number of carbonyl (C=O) groups is 1. The molecule has 1 aliphatic heterocycles. The van der Waals surface area contributed by atoms with Gasteiger partial charge >= 0.3 is 0 Å². The van der Waals surface area contributed by atoms with Gasteiger partial charge in [0.05, 0.1) is 17.6 Å². The Balaban J connectivity index is 1.77. The number of hydrogen-bond acceptors (Lipinski definition) is 6. The minimum absolute atomic E-state index is 0.205. The predicted molar refractivity (Wildman–Crippen MR) is 102 cm³/mol. The summed E-state index contributed by atoms with van der Waals surface area (Å²) in [7, 11) is 0. The molecule has 0 spiro atoms. The summed E-state index contributed by atoms with van der Waals surface area (Å²) in [5, 5.41) is 0.526. The first-order valence-electron chi connectivity index (χ1n) is 8.19. The Morgan fingerprint density at radius 3 is 2.85 bits per heavy atom. The molecule has 3 heterocycles. The molecule has 7 heteroatoms. The van der Waals surface area contributed by atoms with Crippen molar-refractivity contribution in [2.24, 2.45) is 0 Å². The summed E-state index contributed by atoms with van der Waals surface area (Å²) in [4.78, 5) is 19.9. The van der Waals surface area contributed by atoms with Crippen molar-refractivity contribution in [2.75, 3.05) is 17.2 Å². The van der Waals surface area contributed by atoms with E-state index < -0.39 is 0 Å². The van der Waals surface area contributed by atoms with Crippen LogP contribution < -0.4 is 15.4 Å². The summed E-state index contributed by atoms with van der Waals surface area (Å²) in [5.41, 5.74) is 8.27. The summed E-state index contributed by atoms with van der Waals surface area (Å²) in [6.07, 6.45) is 3.16. The van der Waals surface area contributed by atoms with Gasteiger partial charge in [-0.3, -0.25) is 4.79 Å². The highest BCUT2D eigenvalue weighted by molar-refractivity contribution is 7.15. The van der Waals surface area contributed by atoms with Gasteiger partial charge in [0, 0.05) is 23.1 Å². The number of ether oxygens (including phenoxy) is 1. The van der Waals surface area contributed by atoms with Crippen LogP contribution in [0.2, 0.25) is 0 Å². The second-order valence-electron chi connectivity index (χ2n) is 5.81. The molecule has 0 fully saturated rings. The highest BCUT2D eigenvalue weighted by atomic mass is 32.1. The number of aryl methyl sites for hydroxylation is 1. The molecule has 4 rings (SSSR count). The second kappa shape index (κ2) is 6.34. The summed E-state index contributed by atoms with van der Waals surface area (Å²) in [6.45, 7) is 4.43. The Bertz CT molecular complexity index is 1010. The molecule has 26 heavy (non-hydrogen) atoms. The molecule has 3 aromatic rings. The maximum Gasteiger partial charge on any atom is 0.294 e. The molecular weight excluding hydrogens is 350 g/mol. The van der Waals surface area contributed by atoms with E-state index in [-0.39, 0.29) is 11.7 Å². The molecule has 6 nitrogen and oxygen atoms in total.